The summed E-state index contributed by atoms with van der Waals surface area (Å²) in [5.41, 5.74) is 7.42. The van der Waals surface area contributed by atoms with Crippen molar-refractivity contribution in [2.75, 3.05) is 0 Å². The molecule has 1 N–H and O–H groups in total. The van der Waals surface area contributed by atoms with E-state index in [1.165, 1.54) is 22.3 Å². The molecule has 0 spiro atoms. The molecule has 1 aromatic carbocycles. The van der Waals surface area contributed by atoms with Crippen LogP contribution in [0.4, 0.5) is 0 Å². The molecule has 0 aromatic heterocycles. The van der Waals surface area contributed by atoms with Gasteiger partial charge in [0.2, 0.25) is 0 Å². The first-order valence-electron chi connectivity index (χ1n) is 7.59. The molecule has 0 saturated carbocycles. The highest BCUT2D eigenvalue weighted by molar-refractivity contribution is 5.99. The quantitative estimate of drug-likeness (QED) is 0.669. The molecular weight excluding hydrogens is 242 g/mol. The number of unbranched alkanes of at least 4 members (excludes halogenated alkanes) is 1. The zero-order valence-electron chi connectivity index (χ0n) is 13.1. The Morgan fingerprint density at radius 3 is 2.45 bits per heavy atom. The summed E-state index contributed by atoms with van der Waals surface area (Å²) in [4.78, 5) is 0. The first kappa shape index (κ1) is 14.8. The zero-order chi connectivity index (χ0) is 14.7. The number of allylic oxidation sites excluding steroid dienone is 4. The molecule has 1 aliphatic carbocycles. The van der Waals surface area contributed by atoms with Crippen LogP contribution in [0.5, 0.6) is 0 Å². The predicted molar refractivity (Wildman–Crippen MR) is 87.7 cm³/mol. The molecule has 0 amide bonds. The number of benzene rings is 1. The van der Waals surface area contributed by atoms with Crippen LogP contribution in [0.15, 0.2) is 47.1 Å². The second-order valence-corrected chi connectivity index (χ2v) is 5.80. The Labute approximate surface area is 122 Å². The second kappa shape index (κ2) is 6.21. The van der Waals surface area contributed by atoms with Crippen LogP contribution in [0.25, 0.3) is 0 Å². The summed E-state index contributed by atoms with van der Waals surface area (Å²) >= 11 is 0. The standard InChI is InChI=1S/C19H25N/c1-5-6-11-19(20)17-10-8-7-9-16(17)18-12-13(2)14(3)15(18)4/h7-10,12,18,20H,5-6,11H2,1-4H3. The number of hydrogen-bond acceptors (Lipinski definition) is 1. The van der Waals surface area contributed by atoms with Crippen molar-refractivity contribution in [1.82, 2.24) is 0 Å². The van der Waals surface area contributed by atoms with Crippen LogP contribution in [0.2, 0.25) is 0 Å². The number of nitrogens with one attached hydrogen (secondary N) is 1. The molecule has 0 aliphatic heterocycles. The summed E-state index contributed by atoms with van der Waals surface area (Å²) in [5, 5.41) is 8.37. The molecule has 0 radical (unpaired) electrons. The van der Waals surface area contributed by atoms with Gasteiger partial charge in [-0.3, -0.25) is 0 Å². The fourth-order valence-electron chi connectivity index (χ4n) is 2.90. The van der Waals surface area contributed by atoms with Gasteiger partial charge in [-0.25, -0.2) is 0 Å². The monoisotopic (exact) mass is 267 g/mol. The summed E-state index contributed by atoms with van der Waals surface area (Å²) < 4.78 is 0. The fraction of sp³-hybridized carbons (Fsp3) is 0.421. The molecule has 1 aliphatic rings. The van der Waals surface area contributed by atoms with E-state index in [4.69, 9.17) is 5.41 Å². The van der Waals surface area contributed by atoms with Crippen molar-refractivity contribution in [2.45, 2.75) is 52.9 Å². The van der Waals surface area contributed by atoms with Gasteiger partial charge in [0, 0.05) is 11.6 Å². The molecule has 1 unspecified atom stereocenters. The summed E-state index contributed by atoms with van der Waals surface area (Å²) in [6, 6.07) is 8.44. The maximum atomic E-state index is 8.37. The van der Waals surface area contributed by atoms with E-state index in [0.29, 0.717) is 5.92 Å². The van der Waals surface area contributed by atoms with Gasteiger partial charge in [-0.05, 0) is 50.3 Å². The molecule has 1 aromatic rings. The van der Waals surface area contributed by atoms with E-state index in [-0.39, 0.29) is 0 Å². The van der Waals surface area contributed by atoms with Gasteiger partial charge < -0.3 is 5.41 Å². The molecule has 0 fully saturated rings. The summed E-state index contributed by atoms with van der Waals surface area (Å²) in [6.45, 7) is 8.79. The van der Waals surface area contributed by atoms with Crippen molar-refractivity contribution >= 4 is 5.71 Å². The largest absolute Gasteiger partial charge is 0.305 e. The van der Waals surface area contributed by atoms with Gasteiger partial charge in [0.1, 0.15) is 0 Å². The normalized spacial score (nSPS) is 18.4. The SMILES string of the molecule is CCCCC(=N)c1ccccc1C1C=C(C)C(C)=C1C. The maximum Gasteiger partial charge on any atom is 0.0389 e. The fourth-order valence-corrected chi connectivity index (χ4v) is 2.90. The van der Waals surface area contributed by atoms with Crippen molar-refractivity contribution in [2.24, 2.45) is 0 Å². The van der Waals surface area contributed by atoms with Crippen molar-refractivity contribution in [3.63, 3.8) is 0 Å². The average molecular weight is 267 g/mol. The zero-order valence-corrected chi connectivity index (χ0v) is 13.1. The van der Waals surface area contributed by atoms with Gasteiger partial charge in [0.15, 0.2) is 0 Å². The van der Waals surface area contributed by atoms with Gasteiger partial charge in [0.05, 0.1) is 0 Å². The molecule has 2 rings (SSSR count). The smallest absolute Gasteiger partial charge is 0.0389 e. The van der Waals surface area contributed by atoms with Crippen LogP contribution < -0.4 is 0 Å². The van der Waals surface area contributed by atoms with E-state index in [0.717, 1.165) is 30.5 Å². The van der Waals surface area contributed by atoms with E-state index in [1.807, 2.05) is 0 Å². The van der Waals surface area contributed by atoms with Crippen molar-refractivity contribution in [3.8, 4) is 0 Å². The van der Waals surface area contributed by atoms with Crippen LogP contribution in [-0.4, -0.2) is 5.71 Å². The molecule has 1 nitrogen and oxygen atoms in total. The lowest BCUT2D eigenvalue weighted by Crippen LogP contribution is -2.07. The maximum absolute atomic E-state index is 8.37. The highest BCUT2D eigenvalue weighted by Gasteiger charge is 2.22. The highest BCUT2D eigenvalue weighted by atomic mass is 14.4. The van der Waals surface area contributed by atoms with E-state index >= 15 is 0 Å². The lowest BCUT2D eigenvalue weighted by molar-refractivity contribution is 0.831. The van der Waals surface area contributed by atoms with Gasteiger partial charge in [-0.2, -0.15) is 0 Å². The van der Waals surface area contributed by atoms with Gasteiger partial charge in [0.25, 0.3) is 0 Å². The van der Waals surface area contributed by atoms with Crippen LogP contribution in [0.3, 0.4) is 0 Å². The van der Waals surface area contributed by atoms with Crippen molar-refractivity contribution in [1.29, 1.82) is 5.41 Å². The average Bonchev–Trinajstić information content (AvgIpc) is 2.72. The molecule has 106 valence electrons. The summed E-state index contributed by atoms with van der Waals surface area (Å²) in [7, 11) is 0. The van der Waals surface area contributed by atoms with Gasteiger partial charge >= 0.3 is 0 Å². The molecule has 1 atom stereocenters. The van der Waals surface area contributed by atoms with Gasteiger partial charge in [-0.15, -0.1) is 0 Å². The lowest BCUT2D eigenvalue weighted by Gasteiger charge is -2.17. The molecule has 0 bridgehead atoms. The Balaban J connectivity index is 2.37. The van der Waals surface area contributed by atoms with E-state index in [9.17, 15) is 0 Å². The van der Waals surface area contributed by atoms with E-state index in [1.54, 1.807) is 0 Å². The number of rotatable bonds is 5. The van der Waals surface area contributed by atoms with Crippen LogP contribution in [-0.2, 0) is 0 Å². The minimum Gasteiger partial charge on any atom is -0.305 e. The van der Waals surface area contributed by atoms with Crippen LogP contribution >= 0.6 is 0 Å². The topological polar surface area (TPSA) is 23.9 Å². The molecule has 1 heteroatoms. The lowest BCUT2D eigenvalue weighted by atomic mass is 9.87. The molecule has 0 heterocycles. The third-order valence-corrected chi connectivity index (χ3v) is 4.47. The van der Waals surface area contributed by atoms with Crippen molar-refractivity contribution < 1.29 is 0 Å². The molecule has 20 heavy (non-hydrogen) atoms. The molecular formula is C19H25N. The Kier molecular flexibility index (Phi) is 4.59. The Hall–Kier alpha value is -1.63. The Morgan fingerprint density at radius 1 is 1.15 bits per heavy atom. The Morgan fingerprint density at radius 2 is 1.85 bits per heavy atom. The number of hydrogen-bond donors (Lipinski definition) is 1. The minimum absolute atomic E-state index is 0.355. The van der Waals surface area contributed by atoms with Crippen LogP contribution in [0.1, 0.15) is 64.0 Å². The van der Waals surface area contributed by atoms with Gasteiger partial charge in [-0.1, -0.05) is 54.8 Å². The van der Waals surface area contributed by atoms with Crippen molar-refractivity contribution in [3.05, 3.63) is 58.2 Å². The first-order valence-corrected chi connectivity index (χ1v) is 7.59. The third kappa shape index (κ3) is 2.77. The minimum atomic E-state index is 0.355. The van der Waals surface area contributed by atoms with E-state index in [2.05, 4.69) is 58.0 Å². The third-order valence-electron chi connectivity index (χ3n) is 4.47. The highest BCUT2D eigenvalue weighted by Crippen LogP contribution is 2.38. The van der Waals surface area contributed by atoms with Crippen LogP contribution in [0, 0.1) is 5.41 Å². The second-order valence-electron chi connectivity index (χ2n) is 5.80. The summed E-state index contributed by atoms with van der Waals surface area (Å²) in [6.07, 6.45) is 5.47. The summed E-state index contributed by atoms with van der Waals surface area (Å²) in [5.74, 6) is 0.355. The predicted octanol–water partition coefficient (Wildman–Crippen LogP) is 5.62. The Bertz CT molecular complexity index is 575. The first-order chi connectivity index (χ1) is 9.56. The van der Waals surface area contributed by atoms with E-state index < -0.39 is 0 Å². The molecule has 0 saturated heterocycles.